The first-order valence-electron chi connectivity index (χ1n) is 8.10. The number of amides is 2. The van der Waals surface area contributed by atoms with Crippen LogP contribution in [0, 0.1) is 5.41 Å². The van der Waals surface area contributed by atoms with Crippen molar-refractivity contribution >= 4 is 18.0 Å². The fourth-order valence-electron chi connectivity index (χ4n) is 2.61. The molecule has 1 unspecified atom stereocenters. The van der Waals surface area contributed by atoms with E-state index in [1.54, 1.807) is 54.5 Å². The third-order valence-corrected chi connectivity index (χ3v) is 3.55. The van der Waals surface area contributed by atoms with Crippen molar-refractivity contribution in [3.63, 3.8) is 0 Å². The second kappa shape index (κ2) is 6.57. The Bertz CT molecular complexity index is 541. The van der Waals surface area contributed by atoms with Crippen molar-refractivity contribution in [2.45, 2.75) is 78.6 Å². The molecule has 0 aromatic carbocycles. The average molecular weight is 339 g/mol. The fraction of sp³-hybridized carbons (Fsp3) is 0.722. The summed E-state index contributed by atoms with van der Waals surface area (Å²) in [5, 5.41) is 0. The zero-order valence-electron chi connectivity index (χ0n) is 15.8. The van der Waals surface area contributed by atoms with Crippen LogP contribution in [-0.2, 0) is 19.1 Å². The lowest BCUT2D eigenvalue weighted by atomic mass is 9.83. The molecule has 0 bridgehead atoms. The Labute approximate surface area is 144 Å². The van der Waals surface area contributed by atoms with Crippen molar-refractivity contribution in [3.8, 4) is 0 Å². The molecule has 6 nitrogen and oxygen atoms in total. The van der Waals surface area contributed by atoms with Gasteiger partial charge < -0.3 is 9.47 Å². The van der Waals surface area contributed by atoms with E-state index in [0.29, 0.717) is 6.42 Å². The fourth-order valence-corrected chi connectivity index (χ4v) is 2.61. The van der Waals surface area contributed by atoms with Gasteiger partial charge in [-0.25, -0.2) is 14.5 Å². The maximum Gasteiger partial charge on any atom is 0.417 e. The Balaban J connectivity index is 3.16. The van der Waals surface area contributed by atoms with Crippen LogP contribution >= 0.6 is 0 Å². The van der Waals surface area contributed by atoms with Crippen molar-refractivity contribution < 1.29 is 23.9 Å². The smallest absolute Gasteiger partial charge is 0.417 e. The molecule has 0 radical (unpaired) electrons. The van der Waals surface area contributed by atoms with Gasteiger partial charge in [-0.05, 0) is 54.4 Å². The third kappa shape index (κ3) is 4.82. The lowest BCUT2D eigenvalue weighted by molar-refractivity contribution is -0.161. The minimum atomic E-state index is -0.989. The summed E-state index contributed by atoms with van der Waals surface area (Å²) in [5.74, 6) is -1.04. The van der Waals surface area contributed by atoms with E-state index in [4.69, 9.17) is 9.47 Å². The summed E-state index contributed by atoms with van der Waals surface area (Å²) >= 11 is 0. The number of allylic oxidation sites excluding steroid dienone is 1. The van der Waals surface area contributed by atoms with Crippen LogP contribution in [-0.4, -0.2) is 40.1 Å². The van der Waals surface area contributed by atoms with Gasteiger partial charge in [0.05, 0.1) is 5.41 Å². The number of likely N-dealkylation sites (tertiary alicyclic amines) is 1. The molecule has 2 amide bonds. The quantitative estimate of drug-likeness (QED) is 0.582. The number of ether oxygens (including phenoxy) is 2. The summed E-state index contributed by atoms with van der Waals surface area (Å²) in [6, 6.07) is -0.989. The molecule has 2 atom stereocenters. The highest BCUT2D eigenvalue weighted by atomic mass is 16.6. The Morgan fingerprint density at radius 2 is 1.71 bits per heavy atom. The van der Waals surface area contributed by atoms with Crippen molar-refractivity contribution in [1.29, 1.82) is 0 Å². The highest BCUT2D eigenvalue weighted by molar-refractivity contribution is 6.02. The van der Waals surface area contributed by atoms with Gasteiger partial charge in [-0.3, -0.25) is 4.79 Å². The third-order valence-electron chi connectivity index (χ3n) is 3.55. The van der Waals surface area contributed by atoms with Crippen LogP contribution < -0.4 is 0 Å². The van der Waals surface area contributed by atoms with Crippen LogP contribution in [0.15, 0.2) is 12.7 Å². The number of hydrogen-bond acceptors (Lipinski definition) is 5. The Morgan fingerprint density at radius 1 is 1.21 bits per heavy atom. The predicted molar refractivity (Wildman–Crippen MR) is 90.3 cm³/mol. The first kappa shape index (κ1) is 20.2. The van der Waals surface area contributed by atoms with E-state index in [0.717, 1.165) is 4.90 Å². The standard InChI is InChI=1S/C18H29NO5/c1-9-10-18(8)11-12(13(20)23-16(2,3)4)19(14(18)21)15(22)24-17(5,6)7/h9,12H,1,10-11H2,2-8H3/t12-,18?/m0/s1. The SMILES string of the molecule is C=CCC1(C)C[C@@H](C(=O)OC(C)(C)C)N(C(=O)OC(C)(C)C)C1=O. The minimum Gasteiger partial charge on any atom is -0.458 e. The topological polar surface area (TPSA) is 72.9 Å². The highest BCUT2D eigenvalue weighted by Gasteiger charge is 2.55. The second-order valence-corrected chi connectivity index (χ2v) is 8.46. The normalized spacial score (nSPS) is 24.7. The van der Waals surface area contributed by atoms with Crippen LogP contribution in [0.2, 0.25) is 0 Å². The lowest BCUT2D eigenvalue weighted by Gasteiger charge is -2.28. The summed E-state index contributed by atoms with van der Waals surface area (Å²) in [5.41, 5.74) is -2.36. The summed E-state index contributed by atoms with van der Waals surface area (Å²) in [7, 11) is 0. The molecule has 136 valence electrons. The zero-order chi connectivity index (χ0) is 18.9. The first-order chi connectivity index (χ1) is 10.7. The number of esters is 1. The van der Waals surface area contributed by atoms with Crippen LogP contribution in [0.25, 0.3) is 0 Å². The minimum absolute atomic E-state index is 0.187. The van der Waals surface area contributed by atoms with Crippen molar-refractivity contribution in [2.24, 2.45) is 5.41 Å². The van der Waals surface area contributed by atoms with E-state index in [1.165, 1.54) is 0 Å². The van der Waals surface area contributed by atoms with Crippen molar-refractivity contribution in [3.05, 3.63) is 12.7 Å². The van der Waals surface area contributed by atoms with Gasteiger partial charge in [0.2, 0.25) is 5.91 Å². The molecule has 0 N–H and O–H groups in total. The Hall–Kier alpha value is -1.85. The predicted octanol–water partition coefficient (Wildman–Crippen LogP) is 3.45. The lowest BCUT2D eigenvalue weighted by Crippen LogP contribution is -2.48. The summed E-state index contributed by atoms with van der Waals surface area (Å²) < 4.78 is 10.7. The van der Waals surface area contributed by atoms with Gasteiger partial charge in [-0.15, -0.1) is 6.58 Å². The molecule has 0 aromatic heterocycles. The zero-order valence-corrected chi connectivity index (χ0v) is 15.8. The monoisotopic (exact) mass is 339 g/mol. The largest absolute Gasteiger partial charge is 0.458 e. The Morgan fingerprint density at radius 3 is 2.12 bits per heavy atom. The molecule has 24 heavy (non-hydrogen) atoms. The van der Waals surface area contributed by atoms with Gasteiger partial charge in [-0.2, -0.15) is 0 Å². The molecule has 1 fully saturated rings. The molecule has 0 aliphatic carbocycles. The number of hydrogen-bond donors (Lipinski definition) is 0. The highest BCUT2D eigenvalue weighted by Crippen LogP contribution is 2.40. The molecule has 0 saturated carbocycles. The number of carbonyl (C=O) groups is 3. The molecule has 6 heteroatoms. The van der Waals surface area contributed by atoms with Crippen LogP contribution in [0.1, 0.15) is 61.3 Å². The maximum atomic E-state index is 12.8. The van der Waals surface area contributed by atoms with Crippen LogP contribution in [0.5, 0.6) is 0 Å². The molecule has 0 aromatic rings. The van der Waals surface area contributed by atoms with E-state index in [-0.39, 0.29) is 6.42 Å². The number of rotatable bonds is 3. The summed E-state index contributed by atoms with van der Waals surface area (Å²) in [6.45, 7) is 15.7. The van der Waals surface area contributed by atoms with Crippen molar-refractivity contribution in [1.82, 2.24) is 4.90 Å². The van der Waals surface area contributed by atoms with E-state index >= 15 is 0 Å². The van der Waals surface area contributed by atoms with Gasteiger partial charge in [0.25, 0.3) is 0 Å². The summed E-state index contributed by atoms with van der Waals surface area (Å²) in [4.78, 5) is 38.7. The average Bonchev–Trinajstić information content (AvgIpc) is 2.58. The number of nitrogens with zero attached hydrogens (tertiary/aromatic N) is 1. The molecule has 1 heterocycles. The second-order valence-electron chi connectivity index (χ2n) is 8.46. The maximum absolute atomic E-state index is 12.8. The first-order valence-corrected chi connectivity index (χ1v) is 8.10. The van der Waals surface area contributed by atoms with Gasteiger partial charge in [-0.1, -0.05) is 13.0 Å². The molecular weight excluding hydrogens is 310 g/mol. The molecular formula is C18H29NO5. The van der Waals surface area contributed by atoms with E-state index in [2.05, 4.69) is 6.58 Å². The van der Waals surface area contributed by atoms with Gasteiger partial charge in [0, 0.05) is 0 Å². The van der Waals surface area contributed by atoms with Gasteiger partial charge >= 0.3 is 12.1 Å². The van der Waals surface area contributed by atoms with E-state index < -0.39 is 40.6 Å². The number of carbonyl (C=O) groups excluding carboxylic acids is 3. The molecule has 1 saturated heterocycles. The molecule has 1 rings (SSSR count). The van der Waals surface area contributed by atoms with Gasteiger partial charge in [0.15, 0.2) is 0 Å². The van der Waals surface area contributed by atoms with Gasteiger partial charge in [0.1, 0.15) is 17.2 Å². The van der Waals surface area contributed by atoms with E-state index in [1.807, 2.05) is 0 Å². The molecule has 1 aliphatic heterocycles. The van der Waals surface area contributed by atoms with Crippen LogP contribution in [0.4, 0.5) is 4.79 Å². The Kier molecular flexibility index (Phi) is 5.53. The molecule has 0 spiro atoms. The van der Waals surface area contributed by atoms with E-state index in [9.17, 15) is 14.4 Å². The van der Waals surface area contributed by atoms with Crippen LogP contribution in [0.3, 0.4) is 0 Å². The van der Waals surface area contributed by atoms with Crippen molar-refractivity contribution in [2.75, 3.05) is 0 Å². The number of imide groups is 1. The molecule has 1 aliphatic rings. The summed E-state index contributed by atoms with van der Waals surface area (Å²) in [6.07, 6.45) is 1.34.